The third-order valence-electron chi connectivity index (χ3n) is 2.77. The smallest absolute Gasteiger partial charge is 0.255 e. The molecule has 0 spiro atoms. The van der Waals surface area contributed by atoms with Crippen molar-refractivity contribution in [2.45, 2.75) is 12.8 Å². The fraction of sp³-hybridized carbons (Fsp3) is 0.571. The molecule has 6 nitrogen and oxygen atoms in total. The van der Waals surface area contributed by atoms with Crippen LogP contribution in [0.1, 0.15) is 23.2 Å². The first kappa shape index (κ1) is 17.3. The number of nitrogens with zero attached hydrogens (tertiary/aromatic N) is 1. The molecule has 118 valence electrons. The lowest BCUT2D eigenvalue weighted by Crippen LogP contribution is -2.26. The quantitative estimate of drug-likeness (QED) is 0.640. The third-order valence-corrected chi connectivity index (χ3v) is 2.77. The van der Waals surface area contributed by atoms with Crippen molar-refractivity contribution in [3.8, 4) is 0 Å². The minimum absolute atomic E-state index is 0.203. The van der Waals surface area contributed by atoms with Gasteiger partial charge in [0.2, 0.25) is 0 Å². The molecule has 0 fully saturated rings. The molecule has 1 aromatic heterocycles. The number of unbranched alkanes of at least 4 members (excludes halogenated alkanes) is 1. The maximum atomic E-state index is 13.1. The standard InChI is InChI=1S/C14H22FN3O3/c1-16-13-12(9-11(15)10-18-13)14(19)17-5-3-4-6-21-8-7-20-2/h9-10H,3-8H2,1-2H3,(H,16,18)(H,17,19). The Balaban J connectivity index is 2.26. The zero-order valence-electron chi connectivity index (χ0n) is 12.4. The maximum absolute atomic E-state index is 13.1. The molecule has 0 atom stereocenters. The molecular formula is C14H22FN3O3. The number of nitrogens with one attached hydrogen (secondary N) is 2. The monoisotopic (exact) mass is 299 g/mol. The van der Waals surface area contributed by atoms with Crippen molar-refractivity contribution in [2.24, 2.45) is 0 Å². The molecule has 7 heteroatoms. The number of methoxy groups -OCH3 is 1. The number of halogens is 1. The van der Waals surface area contributed by atoms with Crippen LogP contribution in [0.25, 0.3) is 0 Å². The van der Waals surface area contributed by atoms with Gasteiger partial charge in [-0.3, -0.25) is 4.79 Å². The Morgan fingerprint density at radius 1 is 1.33 bits per heavy atom. The first-order chi connectivity index (χ1) is 10.2. The van der Waals surface area contributed by atoms with E-state index in [1.54, 1.807) is 14.2 Å². The minimum Gasteiger partial charge on any atom is -0.382 e. The van der Waals surface area contributed by atoms with E-state index in [0.29, 0.717) is 32.2 Å². The van der Waals surface area contributed by atoms with Gasteiger partial charge in [-0.2, -0.15) is 0 Å². The van der Waals surface area contributed by atoms with E-state index in [-0.39, 0.29) is 11.5 Å². The highest BCUT2D eigenvalue weighted by Gasteiger charge is 2.12. The van der Waals surface area contributed by atoms with Crippen LogP contribution in [0.3, 0.4) is 0 Å². The van der Waals surface area contributed by atoms with E-state index < -0.39 is 5.82 Å². The molecule has 1 heterocycles. The van der Waals surface area contributed by atoms with Crippen LogP contribution in [0.4, 0.5) is 10.2 Å². The van der Waals surface area contributed by atoms with Gasteiger partial charge in [0.15, 0.2) is 0 Å². The normalized spacial score (nSPS) is 10.4. The number of pyridine rings is 1. The second kappa shape index (κ2) is 10.1. The Labute approximate surface area is 124 Å². The fourth-order valence-electron chi connectivity index (χ4n) is 1.68. The molecule has 0 radical (unpaired) electrons. The molecule has 1 amide bonds. The molecular weight excluding hydrogens is 277 g/mol. The van der Waals surface area contributed by atoms with Gasteiger partial charge in [-0.25, -0.2) is 9.37 Å². The highest BCUT2D eigenvalue weighted by Crippen LogP contribution is 2.12. The van der Waals surface area contributed by atoms with Crippen molar-refractivity contribution in [2.75, 3.05) is 45.8 Å². The van der Waals surface area contributed by atoms with Gasteiger partial charge < -0.3 is 20.1 Å². The maximum Gasteiger partial charge on any atom is 0.255 e. The molecule has 0 aliphatic rings. The molecule has 0 saturated carbocycles. The van der Waals surface area contributed by atoms with Crippen LogP contribution in [-0.2, 0) is 9.47 Å². The number of hydrogen-bond acceptors (Lipinski definition) is 5. The van der Waals surface area contributed by atoms with Crippen LogP contribution in [0.15, 0.2) is 12.3 Å². The summed E-state index contributed by atoms with van der Waals surface area (Å²) in [6.45, 7) is 2.29. The summed E-state index contributed by atoms with van der Waals surface area (Å²) < 4.78 is 23.3. The van der Waals surface area contributed by atoms with Gasteiger partial charge in [0.25, 0.3) is 5.91 Å². The summed E-state index contributed by atoms with van der Waals surface area (Å²) in [7, 11) is 3.26. The average molecular weight is 299 g/mol. The van der Waals surface area contributed by atoms with Gasteiger partial charge in [0.05, 0.1) is 25.0 Å². The second-order valence-corrected chi connectivity index (χ2v) is 4.37. The zero-order chi connectivity index (χ0) is 15.5. The van der Waals surface area contributed by atoms with Crippen molar-refractivity contribution in [3.63, 3.8) is 0 Å². The van der Waals surface area contributed by atoms with Crippen LogP contribution in [0.2, 0.25) is 0 Å². The molecule has 0 saturated heterocycles. The highest BCUT2D eigenvalue weighted by atomic mass is 19.1. The van der Waals surface area contributed by atoms with Gasteiger partial charge in [-0.05, 0) is 18.9 Å². The topological polar surface area (TPSA) is 72.5 Å². The summed E-state index contributed by atoms with van der Waals surface area (Å²) in [5.41, 5.74) is 0.203. The molecule has 1 aromatic rings. The number of amides is 1. The Bertz CT molecular complexity index is 443. The Morgan fingerprint density at radius 3 is 2.86 bits per heavy atom. The van der Waals surface area contributed by atoms with E-state index in [1.165, 1.54) is 6.07 Å². The Kier molecular flexibility index (Phi) is 8.30. The summed E-state index contributed by atoms with van der Waals surface area (Å²) in [6, 6.07) is 1.17. The molecule has 0 unspecified atom stereocenters. The molecule has 21 heavy (non-hydrogen) atoms. The van der Waals surface area contributed by atoms with E-state index in [1.807, 2.05) is 0 Å². The highest BCUT2D eigenvalue weighted by molar-refractivity contribution is 5.98. The van der Waals surface area contributed by atoms with Crippen molar-refractivity contribution < 1.29 is 18.7 Å². The Morgan fingerprint density at radius 2 is 2.14 bits per heavy atom. The number of hydrogen-bond donors (Lipinski definition) is 2. The lowest BCUT2D eigenvalue weighted by atomic mass is 10.2. The lowest BCUT2D eigenvalue weighted by Gasteiger charge is -2.09. The zero-order valence-corrected chi connectivity index (χ0v) is 12.4. The van der Waals surface area contributed by atoms with E-state index in [4.69, 9.17) is 9.47 Å². The number of carbonyl (C=O) groups excluding carboxylic acids is 1. The van der Waals surface area contributed by atoms with Crippen molar-refractivity contribution in [1.29, 1.82) is 0 Å². The van der Waals surface area contributed by atoms with Gasteiger partial charge in [0, 0.05) is 27.3 Å². The number of rotatable bonds is 10. The van der Waals surface area contributed by atoms with Crippen LogP contribution in [-0.4, -0.2) is 51.4 Å². The molecule has 0 aliphatic carbocycles. The molecule has 1 rings (SSSR count). The van der Waals surface area contributed by atoms with Crippen LogP contribution in [0.5, 0.6) is 0 Å². The van der Waals surface area contributed by atoms with Gasteiger partial charge in [0.1, 0.15) is 11.6 Å². The summed E-state index contributed by atoms with van der Waals surface area (Å²) in [5.74, 6) is -0.519. The van der Waals surface area contributed by atoms with E-state index in [9.17, 15) is 9.18 Å². The predicted molar refractivity (Wildman–Crippen MR) is 78.0 cm³/mol. The van der Waals surface area contributed by atoms with Crippen LogP contribution < -0.4 is 10.6 Å². The SMILES string of the molecule is CNc1ncc(F)cc1C(=O)NCCCCOCCOC. The van der Waals surface area contributed by atoms with E-state index >= 15 is 0 Å². The number of carbonyl (C=O) groups is 1. The molecule has 0 aliphatic heterocycles. The van der Waals surface area contributed by atoms with Crippen LogP contribution in [0, 0.1) is 5.82 Å². The first-order valence-electron chi connectivity index (χ1n) is 6.87. The molecule has 0 aromatic carbocycles. The average Bonchev–Trinajstić information content (AvgIpc) is 2.49. The third kappa shape index (κ3) is 6.50. The van der Waals surface area contributed by atoms with Crippen molar-refractivity contribution in [3.05, 3.63) is 23.6 Å². The van der Waals surface area contributed by atoms with Gasteiger partial charge in [-0.1, -0.05) is 0 Å². The largest absolute Gasteiger partial charge is 0.382 e. The number of aromatic nitrogens is 1. The van der Waals surface area contributed by atoms with Crippen molar-refractivity contribution >= 4 is 11.7 Å². The second-order valence-electron chi connectivity index (χ2n) is 4.37. The van der Waals surface area contributed by atoms with Crippen molar-refractivity contribution in [1.82, 2.24) is 10.3 Å². The van der Waals surface area contributed by atoms with Gasteiger partial charge in [-0.15, -0.1) is 0 Å². The first-order valence-corrected chi connectivity index (χ1v) is 6.87. The number of anilines is 1. The van der Waals surface area contributed by atoms with Crippen LogP contribution >= 0.6 is 0 Å². The van der Waals surface area contributed by atoms with E-state index in [2.05, 4.69) is 15.6 Å². The molecule has 2 N–H and O–H groups in total. The predicted octanol–water partition coefficient (Wildman–Crippen LogP) is 1.44. The number of ether oxygens (including phenoxy) is 2. The van der Waals surface area contributed by atoms with E-state index in [0.717, 1.165) is 19.0 Å². The summed E-state index contributed by atoms with van der Waals surface area (Å²) >= 11 is 0. The molecule has 0 bridgehead atoms. The lowest BCUT2D eigenvalue weighted by molar-refractivity contribution is 0.0686. The minimum atomic E-state index is -0.536. The fourth-order valence-corrected chi connectivity index (χ4v) is 1.68. The Hall–Kier alpha value is -1.73. The van der Waals surface area contributed by atoms with Gasteiger partial charge >= 0.3 is 0 Å². The summed E-state index contributed by atoms with van der Waals surface area (Å²) in [4.78, 5) is 15.8. The summed E-state index contributed by atoms with van der Waals surface area (Å²) in [6.07, 6.45) is 2.70. The summed E-state index contributed by atoms with van der Waals surface area (Å²) in [5, 5.41) is 5.50.